The van der Waals surface area contributed by atoms with Gasteiger partial charge in [0.05, 0.1) is 5.02 Å². The van der Waals surface area contributed by atoms with Gasteiger partial charge in [-0.3, -0.25) is 14.6 Å². The molecule has 0 aliphatic heterocycles. The Bertz CT molecular complexity index is 941. The van der Waals surface area contributed by atoms with Gasteiger partial charge in [0.25, 0.3) is 5.91 Å². The summed E-state index contributed by atoms with van der Waals surface area (Å²) in [6, 6.07) is 7.79. The molecule has 152 valence electrons. The molecule has 5 nitrogen and oxygen atoms in total. The van der Waals surface area contributed by atoms with Gasteiger partial charge in [0.1, 0.15) is 11.6 Å². The molecular weight excluding hydrogens is 395 g/mol. The summed E-state index contributed by atoms with van der Waals surface area (Å²) in [5.41, 5.74) is 1.38. The number of aryl methyl sites for hydroxylation is 1. The molecule has 1 amide bonds. The number of nitrogens with zero attached hydrogens (tertiary/aromatic N) is 1. The predicted octanol–water partition coefficient (Wildman–Crippen LogP) is 4.13. The summed E-state index contributed by atoms with van der Waals surface area (Å²) in [6.07, 6.45) is 5.38. The van der Waals surface area contributed by atoms with E-state index in [0.29, 0.717) is 12.0 Å². The summed E-state index contributed by atoms with van der Waals surface area (Å²) in [5, 5.41) is 3.01. The average Bonchev–Trinajstić information content (AvgIpc) is 2.66. The highest BCUT2D eigenvalue weighted by molar-refractivity contribution is 6.30. The molecule has 0 saturated heterocycles. The maximum absolute atomic E-state index is 13.4. The molecule has 3 aliphatic carbocycles. The van der Waals surface area contributed by atoms with Crippen molar-refractivity contribution in [3.63, 3.8) is 0 Å². The van der Waals surface area contributed by atoms with Gasteiger partial charge in [0, 0.05) is 35.5 Å². The number of amides is 1. The molecule has 1 heterocycles. The summed E-state index contributed by atoms with van der Waals surface area (Å²) < 4.78 is 18.7. The van der Waals surface area contributed by atoms with Gasteiger partial charge in [0.15, 0.2) is 12.4 Å². The predicted molar refractivity (Wildman–Crippen MR) is 107 cm³/mol. The SMILES string of the molecule is CCc1ccc(C(=O)CC23CC(NC(=O)COc4ccc(Cl)c(F)c4)(C2)C3)cn1. The molecule has 3 saturated carbocycles. The van der Waals surface area contributed by atoms with Crippen molar-refractivity contribution in [3.05, 3.63) is 58.6 Å². The molecule has 5 rings (SSSR count). The van der Waals surface area contributed by atoms with E-state index in [9.17, 15) is 14.0 Å². The van der Waals surface area contributed by atoms with Gasteiger partial charge in [-0.2, -0.15) is 0 Å². The highest BCUT2D eigenvalue weighted by Crippen LogP contribution is 2.69. The maximum atomic E-state index is 13.4. The molecule has 0 radical (unpaired) electrons. The second-order valence-corrected chi connectivity index (χ2v) is 8.62. The second kappa shape index (κ2) is 7.41. The van der Waals surface area contributed by atoms with Crippen molar-refractivity contribution in [2.24, 2.45) is 5.41 Å². The lowest BCUT2D eigenvalue weighted by atomic mass is 9.38. The molecule has 1 N–H and O–H groups in total. The average molecular weight is 417 g/mol. The number of benzene rings is 1. The molecular formula is C22H22ClFN2O3. The van der Waals surface area contributed by atoms with Crippen LogP contribution in [0.1, 0.15) is 48.7 Å². The standard InChI is InChI=1S/C22H22ClFN2O3/c1-2-15-4-3-14(9-25-15)19(27)8-21-11-22(12-21,13-21)26-20(28)10-29-16-5-6-17(23)18(24)7-16/h3-7,9H,2,8,10-13H2,1H3,(H,26,28). The van der Waals surface area contributed by atoms with Crippen LogP contribution in [0.3, 0.4) is 0 Å². The number of carbonyl (C=O) groups excluding carboxylic acids is 2. The van der Waals surface area contributed by atoms with Gasteiger partial charge < -0.3 is 10.1 Å². The third-order valence-electron chi connectivity index (χ3n) is 5.85. The molecule has 3 fully saturated rings. The van der Waals surface area contributed by atoms with Crippen molar-refractivity contribution in [1.29, 1.82) is 0 Å². The van der Waals surface area contributed by atoms with Gasteiger partial charge in [-0.1, -0.05) is 18.5 Å². The molecule has 7 heteroatoms. The Hall–Kier alpha value is -2.47. The zero-order valence-corrected chi connectivity index (χ0v) is 16.9. The third kappa shape index (κ3) is 3.99. The Morgan fingerprint density at radius 3 is 2.62 bits per heavy atom. The number of carbonyl (C=O) groups is 2. The van der Waals surface area contributed by atoms with Crippen LogP contribution in [-0.4, -0.2) is 28.8 Å². The number of rotatable bonds is 8. The quantitative estimate of drug-likeness (QED) is 0.657. The van der Waals surface area contributed by atoms with Crippen molar-refractivity contribution in [3.8, 4) is 5.75 Å². The monoisotopic (exact) mass is 416 g/mol. The lowest BCUT2D eigenvalue weighted by Crippen LogP contribution is -2.75. The Morgan fingerprint density at radius 1 is 1.24 bits per heavy atom. The topological polar surface area (TPSA) is 68.3 Å². The number of halogens is 2. The Kier molecular flexibility index (Phi) is 5.07. The maximum Gasteiger partial charge on any atom is 0.258 e. The second-order valence-electron chi connectivity index (χ2n) is 8.22. The molecule has 0 atom stereocenters. The molecule has 0 spiro atoms. The summed E-state index contributed by atoms with van der Waals surface area (Å²) in [5.74, 6) is -0.480. The third-order valence-corrected chi connectivity index (χ3v) is 6.16. The van der Waals surface area contributed by atoms with E-state index < -0.39 is 5.82 Å². The fourth-order valence-corrected chi connectivity index (χ4v) is 4.72. The fraction of sp³-hybridized carbons (Fsp3) is 0.409. The number of ketones is 1. The first-order chi connectivity index (χ1) is 13.8. The lowest BCUT2D eigenvalue weighted by Gasteiger charge is -2.70. The summed E-state index contributed by atoms with van der Waals surface area (Å²) in [4.78, 5) is 29.0. The first-order valence-corrected chi connectivity index (χ1v) is 10.1. The van der Waals surface area contributed by atoms with Crippen LogP contribution >= 0.6 is 11.6 Å². The molecule has 2 aromatic rings. The molecule has 1 aromatic carbocycles. The van der Waals surface area contributed by atoms with E-state index in [0.717, 1.165) is 37.4 Å². The minimum Gasteiger partial charge on any atom is -0.484 e. The largest absolute Gasteiger partial charge is 0.484 e. The first-order valence-electron chi connectivity index (χ1n) is 9.69. The molecule has 0 unspecified atom stereocenters. The number of hydrogen-bond acceptors (Lipinski definition) is 4. The normalized spacial score (nSPS) is 24.2. The number of Topliss-reactive ketones (excluding diaryl/α,β-unsaturated/α-hetero) is 1. The van der Waals surface area contributed by atoms with Crippen LogP contribution in [-0.2, 0) is 11.2 Å². The summed E-state index contributed by atoms with van der Waals surface area (Å²) in [7, 11) is 0. The smallest absolute Gasteiger partial charge is 0.258 e. The Morgan fingerprint density at radius 2 is 2.00 bits per heavy atom. The van der Waals surface area contributed by atoms with E-state index in [1.54, 1.807) is 6.20 Å². The van der Waals surface area contributed by atoms with E-state index >= 15 is 0 Å². The van der Waals surface area contributed by atoms with Gasteiger partial charge in [-0.15, -0.1) is 0 Å². The summed E-state index contributed by atoms with van der Waals surface area (Å²) >= 11 is 5.63. The minimum atomic E-state index is -0.588. The number of ether oxygens (including phenoxy) is 1. The van der Waals surface area contributed by atoms with Crippen LogP contribution < -0.4 is 10.1 Å². The Balaban J connectivity index is 1.23. The zero-order valence-electron chi connectivity index (χ0n) is 16.1. The van der Waals surface area contributed by atoms with Crippen molar-refractivity contribution < 1.29 is 18.7 Å². The number of pyridine rings is 1. The van der Waals surface area contributed by atoms with E-state index in [2.05, 4.69) is 10.3 Å². The van der Waals surface area contributed by atoms with Crippen molar-refractivity contribution in [2.45, 2.75) is 44.6 Å². The molecule has 3 aliphatic rings. The molecule has 1 aromatic heterocycles. The lowest BCUT2D eigenvalue weighted by molar-refractivity contribution is -0.164. The minimum absolute atomic E-state index is 0.00600. The van der Waals surface area contributed by atoms with Gasteiger partial charge in [-0.05, 0) is 55.4 Å². The highest BCUT2D eigenvalue weighted by Gasteiger charge is 2.68. The number of nitrogens with one attached hydrogen (secondary N) is 1. The van der Waals surface area contributed by atoms with E-state index in [-0.39, 0.29) is 40.0 Å². The van der Waals surface area contributed by atoms with Gasteiger partial charge >= 0.3 is 0 Å². The van der Waals surface area contributed by atoms with E-state index in [4.69, 9.17) is 16.3 Å². The fourth-order valence-electron chi connectivity index (χ4n) is 4.61. The summed E-state index contributed by atoms with van der Waals surface area (Å²) in [6.45, 7) is 1.84. The van der Waals surface area contributed by atoms with Crippen LogP contribution in [0.2, 0.25) is 5.02 Å². The van der Waals surface area contributed by atoms with Gasteiger partial charge in [-0.25, -0.2) is 4.39 Å². The van der Waals surface area contributed by atoms with Crippen LogP contribution in [0.5, 0.6) is 5.75 Å². The Labute approximate surface area is 173 Å². The van der Waals surface area contributed by atoms with Crippen LogP contribution in [0.4, 0.5) is 4.39 Å². The van der Waals surface area contributed by atoms with Crippen molar-refractivity contribution in [2.75, 3.05) is 6.61 Å². The first kappa shape index (κ1) is 19.8. The van der Waals surface area contributed by atoms with Crippen molar-refractivity contribution in [1.82, 2.24) is 10.3 Å². The highest BCUT2D eigenvalue weighted by atomic mass is 35.5. The van der Waals surface area contributed by atoms with E-state index in [1.165, 1.54) is 12.1 Å². The van der Waals surface area contributed by atoms with Crippen LogP contribution in [0.25, 0.3) is 0 Å². The molecule has 2 bridgehead atoms. The molecule has 29 heavy (non-hydrogen) atoms. The van der Waals surface area contributed by atoms with E-state index in [1.807, 2.05) is 19.1 Å². The van der Waals surface area contributed by atoms with Crippen molar-refractivity contribution >= 4 is 23.3 Å². The van der Waals surface area contributed by atoms with Gasteiger partial charge in [0.2, 0.25) is 0 Å². The zero-order chi connectivity index (χ0) is 20.6. The number of hydrogen-bond donors (Lipinski definition) is 1. The van der Waals surface area contributed by atoms with Crippen LogP contribution in [0, 0.1) is 11.2 Å². The number of aromatic nitrogens is 1. The van der Waals surface area contributed by atoms with Crippen LogP contribution in [0.15, 0.2) is 36.5 Å².